The number of hydrogen-bond acceptors (Lipinski definition) is 5. The average molecular weight is 377 g/mol. The largest absolute Gasteiger partial charge is 0.479 e. The molecule has 0 heterocycles. The molecule has 2 rings (SSSR count). The second-order valence-electron chi connectivity index (χ2n) is 5.18. The molecule has 0 radical (unpaired) electrons. The van der Waals surface area contributed by atoms with Gasteiger partial charge in [0, 0.05) is 5.02 Å². The smallest absolute Gasteiger partial charge is 0.347 e. The summed E-state index contributed by atoms with van der Waals surface area (Å²) in [6.45, 7) is 0.860. The number of nitrogens with one attached hydrogen (secondary N) is 1. The Morgan fingerprint density at radius 2 is 1.96 bits per heavy atom. The fraction of sp³-hybridized carbons (Fsp3) is 0.167. The van der Waals surface area contributed by atoms with Crippen molar-refractivity contribution in [2.75, 3.05) is 11.9 Å². The molecule has 2 aromatic rings. The highest BCUT2D eigenvalue weighted by molar-refractivity contribution is 6.30. The third-order valence-corrected chi connectivity index (χ3v) is 3.41. The number of esters is 1. The Hall–Kier alpha value is -3.11. The van der Waals surface area contributed by atoms with Gasteiger partial charge in [-0.05, 0) is 49.4 Å². The van der Waals surface area contributed by atoms with Crippen LogP contribution in [0, 0.1) is 17.1 Å². The molecule has 0 aliphatic heterocycles. The minimum Gasteiger partial charge on any atom is -0.479 e. The van der Waals surface area contributed by atoms with E-state index < -0.39 is 30.4 Å². The predicted molar refractivity (Wildman–Crippen MR) is 92.2 cm³/mol. The Bertz CT molecular complexity index is 849. The van der Waals surface area contributed by atoms with Crippen LogP contribution in [0.2, 0.25) is 5.02 Å². The molecule has 0 saturated carbocycles. The zero-order valence-electron chi connectivity index (χ0n) is 13.7. The second kappa shape index (κ2) is 8.83. The van der Waals surface area contributed by atoms with E-state index in [0.29, 0.717) is 11.3 Å². The Balaban J connectivity index is 1.82. The number of halogens is 2. The Labute approximate surface area is 154 Å². The lowest BCUT2D eigenvalue weighted by Crippen LogP contribution is -2.29. The molecular weight excluding hydrogens is 363 g/mol. The van der Waals surface area contributed by atoms with Crippen molar-refractivity contribution < 1.29 is 23.5 Å². The molecular formula is C18H14ClFN2O4. The molecule has 8 heteroatoms. The molecule has 6 nitrogen and oxygen atoms in total. The number of hydrogen-bond donors (Lipinski definition) is 1. The summed E-state index contributed by atoms with van der Waals surface area (Å²) >= 11 is 5.62. The van der Waals surface area contributed by atoms with Crippen LogP contribution < -0.4 is 10.1 Å². The monoisotopic (exact) mass is 376 g/mol. The molecule has 1 atom stereocenters. The van der Waals surface area contributed by atoms with E-state index in [4.69, 9.17) is 26.3 Å². The van der Waals surface area contributed by atoms with E-state index in [0.717, 1.165) is 6.07 Å². The summed E-state index contributed by atoms with van der Waals surface area (Å²) in [5, 5.41) is 11.2. The number of ether oxygens (including phenoxy) is 2. The minimum atomic E-state index is -0.969. The first-order chi connectivity index (χ1) is 12.4. The van der Waals surface area contributed by atoms with Gasteiger partial charge in [-0.25, -0.2) is 9.18 Å². The van der Waals surface area contributed by atoms with Crippen LogP contribution in [0.3, 0.4) is 0 Å². The molecule has 1 amide bonds. The van der Waals surface area contributed by atoms with Gasteiger partial charge in [0.1, 0.15) is 11.6 Å². The topological polar surface area (TPSA) is 88.4 Å². The number of rotatable bonds is 6. The van der Waals surface area contributed by atoms with Crippen molar-refractivity contribution in [3.63, 3.8) is 0 Å². The van der Waals surface area contributed by atoms with Crippen molar-refractivity contribution in [3.8, 4) is 11.8 Å². The minimum absolute atomic E-state index is 0.0719. The molecule has 26 heavy (non-hydrogen) atoms. The molecule has 1 N–H and O–H groups in total. The van der Waals surface area contributed by atoms with Gasteiger partial charge in [0.25, 0.3) is 5.91 Å². The van der Waals surface area contributed by atoms with Gasteiger partial charge >= 0.3 is 5.97 Å². The van der Waals surface area contributed by atoms with E-state index in [1.165, 1.54) is 19.1 Å². The lowest BCUT2D eigenvalue weighted by Gasteiger charge is -2.14. The summed E-state index contributed by atoms with van der Waals surface area (Å²) in [7, 11) is 0. The normalized spacial score (nSPS) is 11.2. The van der Waals surface area contributed by atoms with E-state index in [1.807, 2.05) is 6.07 Å². The predicted octanol–water partition coefficient (Wildman–Crippen LogP) is 3.30. The molecule has 0 aliphatic carbocycles. The average Bonchev–Trinajstić information content (AvgIpc) is 2.62. The number of benzene rings is 2. The van der Waals surface area contributed by atoms with Gasteiger partial charge in [0.15, 0.2) is 12.7 Å². The molecule has 0 aromatic heterocycles. The van der Waals surface area contributed by atoms with Crippen LogP contribution in [-0.4, -0.2) is 24.6 Å². The third kappa shape index (κ3) is 5.46. The summed E-state index contributed by atoms with van der Waals surface area (Å²) in [5.74, 6) is -1.79. The van der Waals surface area contributed by atoms with Gasteiger partial charge in [0.05, 0.1) is 17.3 Å². The number of amides is 1. The molecule has 0 bridgehead atoms. The standard InChI is InChI=1S/C18H14ClFN2O4/c1-11(26-14-5-2-12(9-21)3-6-14)18(24)25-10-17(23)22-16-7-4-13(19)8-15(16)20/h2-8,11H,10H2,1H3,(H,22,23)/t11-/m1/s1. The fourth-order valence-electron chi connectivity index (χ4n) is 1.89. The van der Waals surface area contributed by atoms with Crippen molar-refractivity contribution in [2.24, 2.45) is 0 Å². The lowest BCUT2D eigenvalue weighted by molar-refractivity contribution is -0.153. The van der Waals surface area contributed by atoms with Crippen LogP contribution in [0.15, 0.2) is 42.5 Å². The second-order valence-corrected chi connectivity index (χ2v) is 5.61. The number of nitrogens with zero attached hydrogens (tertiary/aromatic N) is 1. The van der Waals surface area contributed by atoms with Crippen LogP contribution in [0.1, 0.15) is 12.5 Å². The molecule has 0 fully saturated rings. The van der Waals surface area contributed by atoms with Crippen molar-refractivity contribution in [3.05, 3.63) is 58.9 Å². The fourth-order valence-corrected chi connectivity index (χ4v) is 2.05. The maximum absolute atomic E-state index is 13.6. The molecule has 2 aromatic carbocycles. The zero-order valence-corrected chi connectivity index (χ0v) is 14.4. The van der Waals surface area contributed by atoms with Crippen LogP contribution in [-0.2, 0) is 14.3 Å². The van der Waals surface area contributed by atoms with E-state index in [1.54, 1.807) is 24.3 Å². The number of nitriles is 1. The highest BCUT2D eigenvalue weighted by Gasteiger charge is 2.18. The van der Waals surface area contributed by atoms with Gasteiger partial charge < -0.3 is 14.8 Å². The molecule has 0 aliphatic rings. The van der Waals surface area contributed by atoms with Gasteiger partial charge in [0.2, 0.25) is 0 Å². The maximum atomic E-state index is 13.6. The molecule has 0 unspecified atom stereocenters. The van der Waals surface area contributed by atoms with Crippen LogP contribution in [0.25, 0.3) is 0 Å². The van der Waals surface area contributed by atoms with Gasteiger partial charge in [-0.2, -0.15) is 5.26 Å². The Morgan fingerprint density at radius 1 is 1.27 bits per heavy atom. The number of anilines is 1. The van der Waals surface area contributed by atoms with Crippen LogP contribution in [0.4, 0.5) is 10.1 Å². The van der Waals surface area contributed by atoms with Crippen molar-refractivity contribution in [1.29, 1.82) is 5.26 Å². The quantitative estimate of drug-likeness (QED) is 0.781. The zero-order chi connectivity index (χ0) is 19.1. The highest BCUT2D eigenvalue weighted by Crippen LogP contribution is 2.19. The van der Waals surface area contributed by atoms with Crippen LogP contribution >= 0.6 is 11.6 Å². The first kappa shape index (κ1) is 19.2. The summed E-state index contributed by atoms with van der Waals surface area (Å²) in [5.41, 5.74) is 0.385. The highest BCUT2D eigenvalue weighted by atomic mass is 35.5. The summed E-state index contributed by atoms with van der Waals surface area (Å²) in [4.78, 5) is 23.6. The summed E-state index contributed by atoms with van der Waals surface area (Å²) < 4.78 is 23.8. The SMILES string of the molecule is C[C@@H](Oc1ccc(C#N)cc1)C(=O)OCC(=O)Nc1ccc(Cl)cc1F. The maximum Gasteiger partial charge on any atom is 0.347 e. The van der Waals surface area contributed by atoms with Gasteiger partial charge in [-0.1, -0.05) is 11.6 Å². The Kier molecular flexibility index (Phi) is 6.53. The molecule has 134 valence electrons. The summed E-state index contributed by atoms with van der Waals surface area (Å²) in [6, 6.07) is 11.9. The van der Waals surface area contributed by atoms with E-state index >= 15 is 0 Å². The van der Waals surface area contributed by atoms with E-state index in [9.17, 15) is 14.0 Å². The van der Waals surface area contributed by atoms with Crippen molar-refractivity contribution >= 4 is 29.2 Å². The van der Waals surface area contributed by atoms with Gasteiger partial charge in [-0.15, -0.1) is 0 Å². The summed E-state index contributed by atoms with van der Waals surface area (Å²) in [6.07, 6.45) is -0.969. The molecule has 0 saturated heterocycles. The van der Waals surface area contributed by atoms with Crippen molar-refractivity contribution in [1.82, 2.24) is 0 Å². The third-order valence-electron chi connectivity index (χ3n) is 3.18. The molecule has 0 spiro atoms. The first-order valence-electron chi connectivity index (χ1n) is 7.47. The number of carbonyl (C=O) groups excluding carboxylic acids is 2. The van der Waals surface area contributed by atoms with Crippen LogP contribution in [0.5, 0.6) is 5.75 Å². The van der Waals surface area contributed by atoms with Crippen molar-refractivity contribution in [2.45, 2.75) is 13.0 Å². The first-order valence-corrected chi connectivity index (χ1v) is 7.85. The van der Waals surface area contributed by atoms with Gasteiger partial charge in [-0.3, -0.25) is 4.79 Å². The van der Waals surface area contributed by atoms with E-state index in [-0.39, 0.29) is 10.7 Å². The Morgan fingerprint density at radius 3 is 2.58 bits per heavy atom. The number of carbonyl (C=O) groups is 2. The lowest BCUT2D eigenvalue weighted by atomic mass is 10.2. The van der Waals surface area contributed by atoms with E-state index in [2.05, 4.69) is 5.32 Å².